The number of aryl methyl sites for hydroxylation is 1. The molecule has 0 N–H and O–H groups in total. The lowest BCUT2D eigenvalue weighted by molar-refractivity contribution is 0.628. The van der Waals surface area contributed by atoms with Gasteiger partial charge in [0.1, 0.15) is 11.6 Å². The Bertz CT molecular complexity index is 1110. The van der Waals surface area contributed by atoms with Crippen molar-refractivity contribution in [1.29, 1.82) is 0 Å². The van der Waals surface area contributed by atoms with Gasteiger partial charge in [0.15, 0.2) is 0 Å². The fourth-order valence-corrected chi connectivity index (χ4v) is 3.09. The van der Waals surface area contributed by atoms with E-state index in [1.807, 2.05) is 60.7 Å². The van der Waals surface area contributed by atoms with E-state index in [1.165, 1.54) is 18.2 Å². The highest BCUT2D eigenvalue weighted by Crippen LogP contribution is 2.20. The molecule has 1 heterocycles. The molecule has 0 saturated carbocycles. The Balaban J connectivity index is 1.87. The molecule has 0 aliphatic heterocycles. The second-order valence-corrected chi connectivity index (χ2v) is 6.16. The van der Waals surface area contributed by atoms with E-state index in [0.29, 0.717) is 23.3 Å². The van der Waals surface area contributed by atoms with Gasteiger partial charge >= 0.3 is 0 Å². The van der Waals surface area contributed by atoms with Crippen LogP contribution in [0.25, 0.3) is 22.3 Å². The molecule has 26 heavy (non-hydrogen) atoms. The molecule has 0 spiro atoms. The maximum atomic E-state index is 13.6. The molecule has 4 rings (SSSR count). The summed E-state index contributed by atoms with van der Waals surface area (Å²) in [5.41, 5.74) is 2.22. The number of hydrogen-bond acceptors (Lipinski definition) is 2. The first-order valence-corrected chi connectivity index (χ1v) is 8.52. The van der Waals surface area contributed by atoms with E-state index in [-0.39, 0.29) is 5.56 Å². The van der Waals surface area contributed by atoms with Crippen LogP contribution in [-0.4, -0.2) is 9.55 Å². The summed E-state index contributed by atoms with van der Waals surface area (Å²) in [4.78, 5) is 17.7. The van der Waals surface area contributed by atoms with Crippen molar-refractivity contribution in [2.45, 2.75) is 13.0 Å². The van der Waals surface area contributed by atoms with Crippen LogP contribution >= 0.6 is 0 Å². The number of halogens is 1. The third-order valence-electron chi connectivity index (χ3n) is 4.42. The van der Waals surface area contributed by atoms with Crippen LogP contribution in [0.3, 0.4) is 0 Å². The van der Waals surface area contributed by atoms with Crippen LogP contribution in [0, 0.1) is 5.82 Å². The minimum Gasteiger partial charge on any atom is -0.292 e. The van der Waals surface area contributed by atoms with Crippen LogP contribution in [0.2, 0.25) is 0 Å². The Morgan fingerprint density at radius 2 is 1.58 bits per heavy atom. The standard InChI is InChI=1S/C22H17FN2O/c23-18-11-12-19-20(15-18)24-21(17-9-5-2-6-10-17)25(22(19)26)14-13-16-7-3-1-4-8-16/h1-12,15H,13-14H2. The molecule has 0 unspecified atom stereocenters. The molecule has 1 aromatic heterocycles. The van der Waals surface area contributed by atoms with Crippen LogP contribution in [-0.2, 0) is 13.0 Å². The summed E-state index contributed by atoms with van der Waals surface area (Å²) in [6.07, 6.45) is 0.717. The molecule has 4 aromatic rings. The van der Waals surface area contributed by atoms with Crippen LogP contribution in [0.1, 0.15) is 5.56 Å². The van der Waals surface area contributed by atoms with E-state index in [0.717, 1.165) is 17.5 Å². The van der Waals surface area contributed by atoms with Crippen molar-refractivity contribution < 1.29 is 4.39 Å². The first kappa shape index (κ1) is 16.2. The van der Waals surface area contributed by atoms with Crippen LogP contribution < -0.4 is 5.56 Å². The Kier molecular flexibility index (Phi) is 4.32. The molecule has 0 aliphatic rings. The Morgan fingerprint density at radius 1 is 0.885 bits per heavy atom. The third-order valence-corrected chi connectivity index (χ3v) is 4.42. The van der Waals surface area contributed by atoms with Gasteiger partial charge in [0, 0.05) is 18.2 Å². The van der Waals surface area contributed by atoms with Gasteiger partial charge in [0.05, 0.1) is 10.9 Å². The smallest absolute Gasteiger partial charge is 0.261 e. The molecule has 3 nitrogen and oxygen atoms in total. The van der Waals surface area contributed by atoms with Crippen molar-refractivity contribution in [3.8, 4) is 11.4 Å². The van der Waals surface area contributed by atoms with E-state index >= 15 is 0 Å². The van der Waals surface area contributed by atoms with E-state index in [9.17, 15) is 9.18 Å². The Hall–Kier alpha value is -3.27. The molecule has 3 aromatic carbocycles. The maximum Gasteiger partial charge on any atom is 0.261 e. The summed E-state index contributed by atoms with van der Waals surface area (Å²) in [5, 5.41) is 0.430. The molecule has 0 atom stereocenters. The van der Waals surface area contributed by atoms with Gasteiger partial charge < -0.3 is 0 Å². The van der Waals surface area contributed by atoms with Crippen molar-refractivity contribution in [2.24, 2.45) is 0 Å². The minimum atomic E-state index is -0.398. The lowest BCUT2D eigenvalue weighted by Gasteiger charge is -2.14. The predicted molar refractivity (Wildman–Crippen MR) is 102 cm³/mol. The van der Waals surface area contributed by atoms with E-state index in [2.05, 4.69) is 4.98 Å². The van der Waals surface area contributed by atoms with Gasteiger partial charge in [-0.25, -0.2) is 9.37 Å². The zero-order chi connectivity index (χ0) is 17.9. The summed E-state index contributed by atoms with van der Waals surface area (Å²) in [6, 6.07) is 23.7. The molecule has 0 bridgehead atoms. The average molecular weight is 344 g/mol. The monoisotopic (exact) mass is 344 g/mol. The van der Waals surface area contributed by atoms with Gasteiger partial charge in [-0.05, 0) is 24.1 Å². The Labute approximate surface area is 150 Å². The van der Waals surface area contributed by atoms with Crippen molar-refractivity contribution in [3.63, 3.8) is 0 Å². The predicted octanol–water partition coefficient (Wildman–Crippen LogP) is 4.45. The largest absolute Gasteiger partial charge is 0.292 e. The van der Waals surface area contributed by atoms with E-state index in [1.54, 1.807) is 4.57 Å². The van der Waals surface area contributed by atoms with Crippen LogP contribution in [0.5, 0.6) is 0 Å². The van der Waals surface area contributed by atoms with Gasteiger partial charge in [-0.15, -0.1) is 0 Å². The quantitative estimate of drug-likeness (QED) is 0.548. The summed E-state index contributed by atoms with van der Waals surface area (Å²) >= 11 is 0. The molecule has 0 amide bonds. The number of fused-ring (bicyclic) bond motifs is 1. The zero-order valence-electron chi connectivity index (χ0n) is 14.1. The molecule has 0 saturated heterocycles. The Morgan fingerprint density at radius 3 is 2.31 bits per heavy atom. The lowest BCUT2D eigenvalue weighted by atomic mass is 10.1. The highest BCUT2D eigenvalue weighted by molar-refractivity contribution is 5.79. The van der Waals surface area contributed by atoms with E-state index in [4.69, 9.17) is 0 Å². The van der Waals surface area contributed by atoms with Gasteiger partial charge in [-0.3, -0.25) is 9.36 Å². The molecule has 0 radical (unpaired) electrons. The van der Waals surface area contributed by atoms with Crippen LogP contribution in [0.4, 0.5) is 4.39 Å². The maximum absolute atomic E-state index is 13.6. The molecule has 128 valence electrons. The molecular formula is C22H17FN2O. The molecule has 4 heteroatoms. The number of rotatable bonds is 4. The summed E-state index contributed by atoms with van der Waals surface area (Å²) < 4.78 is 15.3. The van der Waals surface area contributed by atoms with Crippen LogP contribution in [0.15, 0.2) is 83.7 Å². The normalized spacial score (nSPS) is 11.0. The van der Waals surface area contributed by atoms with Gasteiger partial charge in [-0.1, -0.05) is 60.7 Å². The average Bonchev–Trinajstić information content (AvgIpc) is 2.68. The SMILES string of the molecule is O=c1c2ccc(F)cc2nc(-c2ccccc2)n1CCc1ccccc1. The fraction of sp³-hybridized carbons (Fsp3) is 0.0909. The summed E-state index contributed by atoms with van der Waals surface area (Å²) in [5.74, 6) is 0.162. The second-order valence-electron chi connectivity index (χ2n) is 6.16. The topological polar surface area (TPSA) is 34.9 Å². The number of aromatic nitrogens is 2. The third kappa shape index (κ3) is 3.14. The second kappa shape index (κ2) is 6.92. The lowest BCUT2D eigenvalue weighted by Crippen LogP contribution is -2.24. The van der Waals surface area contributed by atoms with Gasteiger partial charge in [0.25, 0.3) is 5.56 Å². The first-order chi connectivity index (χ1) is 12.7. The van der Waals surface area contributed by atoms with E-state index < -0.39 is 5.82 Å². The number of hydrogen-bond donors (Lipinski definition) is 0. The van der Waals surface area contributed by atoms with Gasteiger partial charge in [-0.2, -0.15) is 0 Å². The highest BCUT2D eigenvalue weighted by atomic mass is 19.1. The molecule has 0 aliphatic carbocycles. The van der Waals surface area contributed by atoms with Crippen molar-refractivity contribution in [1.82, 2.24) is 9.55 Å². The molecule has 0 fully saturated rings. The van der Waals surface area contributed by atoms with Crippen molar-refractivity contribution in [2.75, 3.05) is 0 Å². The summed E-state index contributed by atoms with van der Waals surface area (Å²) in [7, 11) is 0. The van der Waals surface area contributed by atoms with Crippen molar-refractivity contribution in [3.05, 3.63) is 101 Å². The molecular weight excluding hydrogens is 327 g/mol. The summed E-state index contributed by atoms with van der Waals surface area (Å²) in [6.45, 7) is 0.507. The first-order valence-electron chi connectivity index (χ1n) is 8.52. The fourth-order valence-electron chi connectivity index (χ4n) is 3.09. The number of nitrogens with zero attached hydrogens (tertiary/aromatic N) is 2. The highest BCUT2D eigenvalue weighted by Gasteiger charge is 2.13. The van der Waals surface area contributed by atoms with Crippen molar-refractivity contribution >= 4 is 10.9 Å². The zero-order valence-corrected chi connectivity index (χ0v) is 14.1. The van der Waals surface area contributed by atoms with Gasteiger partial charge in [0.2, 0.25) is 0 Å². The minimum absolute atomic E-state index is 0.148. The number of benzene rings is 3.